The number of carbonyl (C=O) groups excluding carboxylic acids is 2. The lowest BCUT2D eigenvalue weighted by atomic mass is 9.81. The Labute approximate surface area is 78.5 Å². The number of hydrogen-bond donors (Lipinski definition) is 0. The molecule has 0 heterocycles. The van der Waals surface area contributed by atoms with Crippen LogP contribution in [0, 0.1) is 11.8 Å². The molecule has 0 aromatic carbocycles. The number of ether oxygens (including phenoxy) is 1. The zero-order chi connectivity index (χ0) is 9.84. The number of carbonyl (C=O) groups is 2. The van der Waals surface area contributed by atoms with E-state index in [1.807, 2.05) is 6.92 Å². The third-order valence-electron chi connectivity index (χ3n) is 2.55. The Morgan fingerprint density at radius 3 is 2.85 bits per heavy atom. The Bertz CT molecular complexity index is 210. The Kier molecular flexibility index (Phi) is 3.46. The van der Waals surface area contributed by atoms with Gasteiger partial charge in [-0.3, -0.25) is 9.59 Å². The van der Waals surface area contributed by atoms with Crippen LogP contribution in [0.25, 0.3) is 0 Å². The highest BCUT2D eigenvalue weighted by atomic mass is 16.5. The number of ketones is 1. The lowest BCUT2D eigenvalue weighted by Crippen LogP contribution is -2.28. The van der Waals surface area contributed by atoms with E-state index in [4.69, 9.17) is 4.74 Å². The predicted octanol–water partition coefficient (Wildman–Crippen LogP) is 1.55. The second-order valence-corrected chi connectivity index (χ2v) is 3.59. The summed E-state index contributed by atoms with van der Waals surface area (Å²) in [4.78, 5) is 22.5. The Hall–Kier alpha value is -0.860. The molecule has 0 unspecified atom stereocenters. The molecule has 74 valence electrons. The fraction of sp³-hybridized carbons (Fsp3) is 0.800. The van der Waals surface area contributed by atoms with E-state index in [1.165, 1.54) is 0 Å². The number of hydrogen-bond acceptors (Lipinski definition) is 3. The topological polar surface area (TPSA) is 43.4 Å². The lowest BCUT2D eigenvalue weighted by molar-refractivity contribution is -0.150. The van der Waals surface area contributed by atoms with Crippen LogP contribution in [-0.4, -0.2) is 18.4 Å². The van der Waals surface area contributed by atoms with Gasteiger partial charge in [0.2, 0.25) is 0 Å². The molecule has 0 spiro atoms. The van der Waals surface area contributed by atoms with E-state index >= 15 is 0 Å². The minimum Gasteiger partial charge on any atom is -0.466 e. The summed E-state index contributed by atoms with van der Waals surface area (Å²) in [6.07, 6.45) is 1.87. The van der Waals surface area contributed by atoms with Crippen LogP contribution in [0.3, 0.4) is 0 Å². The molecule has 0 aromatic rings. The molecule has 1 aliphatic carbocycles. The van der Waals surface area contributed by atoms with Crippen molar-refractivity contribution in [1.29, 1.82) is 0 Å². The molecule has 1 aliphatic rings. The van der Waals surface area contributed by atoms with Crippen molar-refractivity contribution in [2.45, 2.75) is 33.1 Å². The molecule has 1 rings (SSSR count). The van der Waals surface area contributed by atoms with E-state index in [-0.39, 0.29) is 23.6 Å². The van der Waals surface area contributed by atoms with Crippen LogP contribution in [0.1, 0.15) is 33.1 Å². The molecule has 0 aliphatic heterocycles. The molecule has 3 heteroatoms. The fourth-order valence-corrected chi connectivity index (χ4v) is 1.71. The summed E-state index contributed by atoms with van der Waals surface area (Å²) in [5, 5.41) is 0. The van der Waals surface area contributed by atoms with E-state index in [2.05, 4.69) is 0 Å². The summed E-state index contributed by atoms with van der Waals surface area (Å²) in [6.45, 7) is 4.11. The van der Waals surface area contributed by atoms with Gasteiger partial charge in [0.15, 0.2) is 0 Å². The standard InChI is InChI=1S/C10H16O3/c1-3-13-10(12)8-4-5-9(11)7(2)6-8/h7-8H,3-6H2,1-2H3/t7-,8-/m1/s1. The van der Waals surface area contributed by atoms with Gasteiger partial charge in [0.1, 0.15) is 5.78 Å². The molecule has 0 radical (unpaired) electrons. The first kappa shape index (κ1) is 10.2. The zero-order valence-electron chi connectivity index (χ0n) is 8.21. The number of rotatable bonds is 2. The molecule has 0 saturated heterocycles. The molecule has 1 fully saturated rings. The van der Waals surface area contributed by atoms with Gasteiger partial charge in [0.05, 0.1) is 12.5 Å². The molecule has 0 amide bonds. The molecule has 0 aromatic heterocycles. The first-order chi connectivity index (χ1) is 6.15. The van der Waals surface area contributed by atoms with Gasteiger partial charge < -0.3 is 4.74 Å². The SMILES string of the molecule is CCOC(=O)[C@@H]1CCC(=O)[C@H](C)C1. The first-order valence-electron chi connectivity index (χ1n) is 4.84. The van der Waals surface area contributed by atoms with Crippen LogP contribution in [-0.2, 0) is 14.3 Å². The second kappa shape index (κ2) is 4.40. The molecule has 0 N–H and O–H groups in total. The molecule has 3 nitrogen and oxygen atoms in total. The van der Waals surface area contributed by atoms with Crippen molar-refractivity contribution in [2.24, 2.45) is 11.8 Å². The Morgan fingerprint density at radius 1 is 1.62 bits per heavy atom. The van der Waals surface area contributed by atoms with Crippen molar-refractivity contribution in [3.8, 4) is 0 Å². The summed E-state index contributed by atoms with van der Waals surface area (Å²) < 4.78 is 4.91. The largest absolute Gasteiger partial charge is 0.466 e. The molecule has 1 saturated carbocycles. The van der Waals surface area contributed by atoms with Crippen molar-refractivity contribution in [1.82, 2.24) is 0 Å². The molecule has 0 bridgehead atoms. The van der Waals surface area contributed by atoms with E-state index in [0.29, 0.717) is 25.9 Å². The molecule has 13 heavy (non-hydrogen) atoms. The summed E-state index contributed by atoms with van der Waals surface area (Å²) in [5.41, 5.74) is 0. The zero-order valence-corrected chi connectivity index (χ0v) is 8.21. The minimum atomic E-state index is -0.137. The summed E-state index contributed by atoms with van der Waals surface area (Å²) >= 11 is 0. The van der Waals surface area contributed by atoms with Crippen molar-refractivity contribution < 1.29 is 14.3 Å². The van der Waals surface area contributed by atoms with Gasteiger partial charge in [-0.05, 0) is 19.8 Å². The quantitative estimate of drug-likeness (QED) is 0.611. The van der Waals surface area contributed by atoms with Gasteiger partial charge >= 0.3 is 5.97 Å². The number of esters is 1. The minimum absolute atomic E-state index is 0.0307. The third kappa shape index (κ3) is 2.54. The highest BCUT2D eigenvalue weighted by Gasteiger charge is 2.30. The smallest absolute Gasteiger partial charge is 0.308 e. The maximum atomic E-state index is 11.3. The van der Waals surface area contributed by atoms with Crippen molar-refractivity contribution in [2.75, 3.05) is 6.61 Å². The first-order valence-corrected chi connectivity index (χ1v) is 4.84. The van der Waals surface area contributed by atoms with Crippen LogP contribution in [0.5, 0.6) is 0 Å². The van der Waals surface area contributed by atoms with E-state index < -0.39 is 0 Å². The average Bonchev–Trinajstić information content (AvgIpc) is 2.10. The maximum absolute atomic E-state index is 11.3. The molecule has 2 atom stereocenters. The van der Waals surface area contributed by atoms with Gasteiger partial charge in [-0.1, -0.05) is 6.92 Å². The number of Topliss-reactive ketones (excluding diaryl/α,β-unsaturated/α-hetero) is 1. The van der Waals surface area contributed by atoms with Gasteiger partial charge in [0.25, 0.3) is 0 Å². The van der Waals surface area contributed by atoms with E-state index in [1.54, 1.807) is 6.92 Å². The maximum Gasteiger partial charge on any atom is 0.308 e. The van der Waals surface area contributed by atoms with Crippen LogP contribution in [0.2, 0.25) is 0 Å². The van der Waals surface area contributed by atoms with Crippen LogP contribution < -0.4 is 0 Å². The average molecular weight is 184 g/mol. The summed E-state index contributed by atoms with van der Waals surface area (Å²) in [6, 6.07) is 0. The Balaban J connectivity index is 2.45. The van der Waals surface area contributed by atoms with E-state index in [9.17, 15) is 9.59 Å². The van der Waals surface area contributed by atoms with Crippen LogP contribution in [0.15, 0.2) is 0 Å². The normalized spacial score (nSPS) is 28.6. The van der Waals surface area contributed by atoms with Gasteiger partial charge in [0, 0.05) is 12.3 Å². The van der Waals surface area contributed by atoms with Gasteiger partial charge in [-0.2, -0.15) is 0 Å². The van der Waals surface area contributed by atoms with Crippen LogP contribution in [0.4, 0.5) is 0 Å². The molecular weight excluding hydrogens is 168 g/mol. The summed E-state index contributed by atoms with van der Waals surface area (Å²) in [7, 11) is 0. The van der Waals surface area contributed by atoms with Crippen molar-refractivity contribution in [3.05, 3.63) is 0 Å². The monoisotopic (exact) mass is 184 g/mol. The van der Waals surface area contributed by atoms with Crippen LogP contribution >= 0.6 is 0 Å². The lowest BCUT2D eigenvalue weighted by Gasteiger charge is -2.23. The summed E-state index contributed by atoms with van der Waals surface area (Å²) in [5.74, 6) is 0.123. The second-order valence-electron chi connectivity index (χ2n) is 3.59. The highest BCUT2D eigenvalue weighted by Crippen LogP contribution is 2.26. The van der Waals surface area contributed by atoms with E-state index in [0.717, 1.165) is 0 Å². The van der Waals surface area contributed by atoms with Crippen molar-refractivity contribution >= 4 is 11.8 Å². The van der Waals surface area contributed by atoms with Crippen molar-refractivity contribution in [3.63, 3.8) is 0 Å². The highest BCUT2D eigenvalue weighted by molar-refractivity contribution is 5.84. The van der Waals surface area contributed by atoms with Gasteiger partial charge in [-0.15, -0.1) is 0 Å². The third-order valence-corrected chi connectivity index (χ3v) is 2.55. The molecular formula is C10H16O3. The van der Waals surface area contributed by atoms with Gasteiger partial charge in [-0.25, -0.2) is 0 Å². The Morgan fingerprint density at radius 2 is 2.31 bits per heavy atom. The predicted molar refractivity (Wildman–Crippen MR) is 48.1 cm³/mol. The fourth-order valence-electron chi connectivity index (χ4n) is 1.71.